The smallest absolute Gasteiger partial charge is 0.311 e. The van der Waals surface area contributed by atoms with Crippen molar-refractivity contribution in [2.24, 2.45) is 5.41 Å². The lowest BCUT2D eigenvalue weighted by Gasteiger charge is -2.41. The fraction of sp³-hybridized carbons (Fsp3) is 0.625. The number of nitro benzene ring substituents is 1. The van der Waals surface area contributed by atoms with Crippen LogP contribution in [0.4, 0.5) is 11.4 Å². The molecule has 21 heavy (non-hydrogen) atoms. The normalized spacial score (nSPS) is 16.4. The minimum atomic E-state index is -0.402. The number of ether oxygens (including phenoxy) is 1. The molecular formula is C16H24N2O3. The Balaban J connectivity index is 2.11. The van der Waals surface area contributed by atoms with E-state index in [-0.39, 0.29) is 11.8 Å². The van der Waals surface area contributed by atoms with Gasteiger partial charge in [-0.15, -0.1) is 0 Å². The van der Waals surface area contributed by atoms with E-state index >= 15 is 0 Å². The first-order valence-corrected chi connectivity index (χ1v) is 7.65. The quantitative estimate of drug-likeness (QED) is 0.598. The van der Waals surface area contributed by atoms with Crippen LogP contribution in [-0.4, -0.2) is 17.6 Å². The number of hydrogen-bond acceptors (Lipinski definition) is 4. The molecule has 1 aromatic carbocycles. The van der Waals surface area contributed by atoms with E-state index in [0.717, 1.165) is 12.2 Å². The molecule has 5 heteroatoms. The molecule has 0 aromatic heterocycles. The van der Waals surface area contributed by atoms with E-state index < -0.39 is 4.92 Å². The van der Waals surface area contributed by atoms with Gasteiger partial charge >= 0.3 is 5.69 Å². The van der Waals surface area contributed by atoms with Gasteiger partial charge in [0.1, 0.15) is 0 Å². The molecule has 116 valence electrons. The van der Waals surface area contributed by atoms with Crippen LogP contribution in [0, 0.1) is 15.5 Å². The molecule has 1 saturated carbocycles. The average Bonchev–Trinajstić information content (AvgIpc) is 2.37. The third-order valence-electron chi connectivity index (χ3n) is 4.35. The van der Waals surface area contributed by atoms with E-state index in [2.05, 4.69) is 12.2 Å². The molecule has 0 bridgehead atoms. The van der Waals surface area contributed by atoms with E-state index in [4.69, 9.17) is 4.74 Å². The van der Waals surface area contributed by atoms with Crippen molar-refractivity contribution in [1.29, 1.82) is 0 Å². The number of hydrogen-bond donors (Lipinski definition) is 1. The maximum Gasteiger partial charge on any atom is 0.311 e. The van der Waals surface area contributed by atoms with Crippen LogP contribution in [0.3, 0.4) is 0 Å². The molecule has 0 amide bonds. The van der Waals surface area contributed by atoms with Crippen molar-refractivity contribution in [2.45, 2.75) is 52.6 Å². The Morgan fingerprint density at radius 1 is 1.43 bits per heavy atom. The van der Waals surface area contributed by atoms with Gasteiger partial charge in [-0.25, -0.2) is 0 Å². The lowest BCUT2D eigenvalue weighted by Crippen LogP contribution is -2.35. The predicted octanol–water partition coefficient (Wildman–Crippen LogP) is 4.37. The highest BCUT2D eigenvalue weighted by Crippen LogP contribution is 2.44. The van der Waals surface area contributed by atoms with Crippen molar-refractivity contribution in [2.75, 3.05) is 11.9 Å². The molecule has 0 atom stereocenters. The zero-order chi connectivity index (χ0) is 15.5. The molecule has 1 fully saturated rings. The lowest BCUT2D eigenvalue weighted by atomic mass is 9.67. The molecule has 0 heterocycles. The molecule has 1 aromatic rings. The van der Waals surface area contributed by atoms with E-state index in [0.29, 0.717) is 11.2 Å². The van der Waals surface area contributed by atoms with Crippen LogP contribution < -0.4 is 10.1 Å². The van der Waals surface area contributed by atoms with Gasteiger partial charge in [-0.05, 0) is 44.6 Å². The maximum atomic E-state index is 11.0. The summed E-state index contributed by atoms with van der Waals surface area (Å²) in [6.45, 7) is 6.88. The number of anilines is 1. The Kier molecular flexibility index (Phi) is 4.70. The van der Waals surface area contributed by atoms with Crippen LogP contribution in [0.25, 0.3) is 0 Å². The topological polar surface area (TPSA) is 64.4 Å². The molecule has 2 rings (SSSR count). The SMILES string of the molecule is CCC1(CNc2ccc([N+](=O)[O-])c(OC(C)C)c2)CCC1. The van der Waals surface area contributed by atoms with Crippen molar-refractivity contribution in [3.63, 3.8) is 0 Å². The van der Waals surface area contributed by atoms with Gasteiger partial charge in [-0.3, -0.25) is 10.1 Å². The van der Waals surface area contributed by atoms with Crippen LogP contribution in [0.5, 0.6) is 5.75 Å². The van der Waals surface area contributed by atoms with Crippen LogP contribution in [0.15, 0.2) is 18.2 Å². The summed E-state index contributed by atoms with van der Waals surface area (Å²) in [5.41, 5.74) is 1.31. The van der Waals surface area contributed by atoms with Crippen molar-refractivity contribution in [1.82, 2.24) is 0 Å². The van der Waals surface area contributed by atoms with Crippen molar-refractivity contribution >= 4 is 11.4 Å². The van der Waals surface area contributed by atoms with E-state index in [9.17, 15) is 10.1 Å². The van der Waals surface area contributed by atoms with Crippen LogP contribution in [0.2, 0.25) is 0 Å². The highest BCUT2D eigenvalue weighted by atomic mass is 16.6. The highest BCUT2D eigenvalue weighted by Gasteiger charge is 2.34. The maximum absolute atomic E-state index is 11.0. The van der Waals surface area contributed by atoms with Gasteiger partial charge in [0.05, 0.1) is 11.0 Å². The molecule has 0 aliphatic heterocycles. The number of nitrogens with zero attached hydrogens (tertiary/aromatic N) is 1. The summed E-state index contributed by atoms with van der Waals surface area (Å²) >= 11 is 0. The van der Waals surface area contributed by atoms with Gasteiger partial charge in [-0.2, -0.15) is 0 Å². The van der Waals surface area contributed by atoms with Gasteiger partial charge in [0, 0.05) is 24.4 Å². The first kappa shape index (κ1) is 15.6. The van der Waals surface area contributed by atoms with E-state index in [1.165, 1.54) is 31.7 Å². The number of benzene rings is 1. The molecule has 0 radical (unpaired) electrons. The molecule has 5 nitrogen and oxygen atoms in total. The van der Waals surface area contributed by atoms with Crippen LogP contribution in [0.1, 0.15) is 46.5 Å². The minimum absolute atomic E-state index is 0.0168. The second-order valence-corrected chi connectivity index (χ2v) is 6.17. The largest absolute Gasteiger partial charge is 0.484 e. The Hall–Kier alpha value is -1.78. The third-order valence-corrected chi connectivity index (χ3v) is 4.35. The van der Waals surface area contributed by atoms with Crippen molar-refractivity contribution < 1.29 is 9.66 Å². The Bertz CT molecular complexity index is 505. The Morgan fingerprint density at radius 2 is 2.14 bits per heavy atom. The molecule has 1 aliphatic carbocycles. The third kappa shape index (κ3) is 3.65. The monoisotopic (exact) mass is 292 g/mol. The summed E-state index contributed by atoms with van der Waals surface area (Å²) in [7, 11) is 0. The van der Waals surface area contributed by atoms with E-state index in [1.54, 1.807) is 12.1 Å². The van der Waals surface area contributed by atoms with Gasteiger partial charge < -0.3 is 10.1 Å². The predicted molar refractivity (Wildman–Crippen MR) is 83.9 cm³/mol. The fourth-order valence-corrected chi connectivity index (χ4v) is 2.74. The summed E-state index contributed by atoms with van der Waals surface area (Å²) in [4.78, 5) is 10.6. The Labute approximate surface area is 125 Å². The van der Waals surface area contributed by atoms with Crippen LogP contribution in [-0.2, 0) is 0 Å². The van der Waals surface area contributed by atoms with E-state index in [1.807, 2.05) is 13.8 Å². The second kappa shape index (κ2) is 6.33. The highest BCUT2D eigenvalue weighted by molar-refractivity contribution is 5.58. The summed E-state index contributed by atoms with van der Waals surface area (Å²) in [6.07, 6.45) is 4.91. The number of nitro groups is 1. The van der Waals surface area contributed by atoms with Gasteiger partial charge in [0.25, 0.3) is 0 Å². The number of nitrogens with one attached hydrogen (secondary N) is 1. The standard InChI is InChI=1S/C16H24N2O3/c1-4-16(8-5-9-16)11-17-13-6-7-14(18(19)20)15(10-13)21-12(2)3/h6-7,10,12,17H,4-5,8-9,11H2,1-3H3. The molecule has 0 saturated heterocycles. The molecule has 1 aliphatic rings. The first-order valence-electron chi connectivity index (χ1n) is 7.65. The van der Waals surface area contributed by atoms with Crippen molar-refractivity contribution in [3.05, 3.63) is 28.3 Å². The molecular weight excluding hydrogens is 268 g/mol. The summed E-state index contributed by atoms with van der Waals surface area (Å²) in [5, 5.41) is 14.5. The molecule has 0 unspecified atom stereocenters. The van der Waals surface area contributed by atoms with Crippen LogP contribution >= 0.6 is 0 Å². The summed E-state index contributed by atoms with van der Waals surface area (Å²) in [6, 6.07) is 5.01. The van der Waals surface area contributed by atoms with Gasteiger partial charge in [0.2, 0.25) is 0 Å². The Morgan fingerprint density at radius 3 is 2.62 bits per heavy atom. The number of rotatable bonds is 7. The van der Waals surface area contributed by atoms with Gasteiger partial charge in [0.15, 0.2) is 5.75 Å². The zero-order valence-corrected chi connectivity index (χ0v) is 13.0. The molecule has 1 N–H and O–H groups in total. The van der Waals surface area contributed by atoms with Gasteiger partial charge in [-0.1, -0.05) is 13.3 Å². The fourth-order valence-electron chi connectivity index (χ4n) is 2.74. The average molecular weight is 292 g/mol. The summed E-state index contributed by atoms with van der Waals surface area (Å²) in [5.74, 6) is 0.333. The van der Waals surface area contributed by atoms with Crippen molar-refractivity contribution in [3.8, 4) is 5.75 Å². The minimum Gasteiger partial charge on any atom is -0.484 e. The summed E-state index contributed by atoms with van der Waals surface area (Å²) < 4.78 is 5.56. The lowest BCUT2D eigenvalue weighted by molar-refractivity contribution is -0.386. The second-order valence-electron chi connectivity index (χ2n) is 6.17. The first-order chi connectivity index (χ1) is 9.96. The zero-order valence-electron chi connectivity index (χ0n) is 13.0. The molecule has 0 spiro atoms.